The maximum atomic E-state index is 12.1. The molecule has 1 aliphatic heterocycles. The second-order valence-corrected chi connectivity index (χ2v) is 7.29. The molecule has 1 aromatic heterocycles. The van der Waals surface area contributed by atoms with Crippen LogP contribution in [-0.2, 0) is 14.6 Å². The van der Waals surface area contributed by atoms with Crippen molar-refractivity contribution in [3.8, 4) is 0 Å². The van der Waals surface area contributed by atoms with Crippen LogP contribution in [0.2, 0.25) is 0 Å². The fraction of sp³-hybridized carbons (Fsp3) is 0.750. The third kappa shape index (κ3) is 3.78. The Hall–Kier alpha value is -1.44. The summed E-state index contributed by atoms with van der Waals surface area (Å²) >= 11 is 0. The molecule has 112 valence electrons. The van der Waals surface area contributed by atoms with Crippen LogP contribution in [0.15, 0.2) is 12.7 Å². The van der Waals surface area contributed by atoms with Gasteiger partial charge in [-0.15, -0.1) is 0 Å². The highest BCUT2D eigenvalue weighted by molar-refractivity contribution is 7.92. The van der Waals surface area contributed by atoms with Gasteiger partial charge in [0.25, 0.3) is 0 Å². The number of nitrogens with zero attached hydrogens (tertiary/aromatic N) is 4. The van der Waals surface area contributed by atoms with Crippen molar-refractivity contribution < 1.29 is 13.2 Å². The first-order valence-electron chi connectivity index (χ1n) is 6.84. The fourth-order valence-electron chi connectivity index (χ4n) is 2.47. The Morgan fingerprint density at radius 2 is 2.25 bits per heavy atom. The van der Waals surface area contributed by atoms with Crippen molar-refractivity contribution in [2.24, 2.45) is 0 Å². The Balaban J connectivity index is 1.97. The number of likely N-dealkylation sites (tertiary alicyclic amines) is 1. The number of sulfone groups is 1. The van der Waals surface area contributed by atoms with E-state index in [1.54, 1.807) is 22.8 Å². The third-order valence-corrected chi connectivity index (χ3v) is 5.14. The molecule has 1 saturated heterocycles. The number of aromatic nitrogens is 3. The molecule has 2 rings (SSSR count). The first-order chi connectivity index (χ1) is 9.52. The maximum Gasteiger partial charge on any atom is 0.237 e. The van der Waals surface area contributed by atoms with Crippen molar-refractivity contribution in [2.45, 2.75) is 32.2 Å². The minimum atomic E-state index is -3.28. The van der Waals surface area contributed by atoms with E-state index in [-0.39, 0.29) is 23.5 Å². The largest absolute Gasteiger partial charge is 0.340 e. The number of hydrogen-bond acceptors (Lipinski definition) is 5. The average Bonchev–Trinajstić information content (AvgIpc) is 2.92. The minimum absolute atomic E-state index is 0.0685. The van der Waals surface area contributed by atoms with E-state index in [2.05, 4.69) is 10.1 Å². The third-order valence-electron chi connectivity index (χ3n) is 3.42. The lowest BCUT2D eigenvalue weighted by molar-refractivity contribution is -0.130. The van der Waals surface area contributed by atoms with Gasteiger partial charge in [-0.25, -0.2) is 18.1 Å². The highest BCUT2D eigenvalue weighted by Gasteiger charge is 2.27. The minimum Gasteiger partial charge on any atom is -0.340 e. The van der Waals surface area contributed by atoms with Gasteiger partial charge in [-0.05, 0) is 19.3 Å². The van der Waals surface area contributed by atoms with Crippen LogP contribution < -0.4 is 0 Å². The molecule has 1 amide bonds. The summed E-state index contributed by atoms with van der Waals surface area (Å²) in [5.41, 5.74) is 0. The van der Waals surface area contributed by atoms with Crippen molar-refractivity contribution in [1.82, 2.24) is 19.7 Å². The van der Waals surface area contributed by atoms with E-state index in [0.29, 0.717) is 19.5 Å². The van der Waals surface area contributed by atoms with Crippen LogP contribution in [-0.4, -0.2) is 58.6 Å². The van der Waals surface area contributed by atoms with E-state index in [9.17, 15) is 13.2 Å². The van der Waals surface area contributed by atoms with Gasteiger partial charge in [0.15, 0.2) is 9.84 Å². The molecule has 0 N–H and O–H groups in total. The molecule has 0 aliphatic carbocycles. The molecule has 1 aromatic rings. The van der Waals surface area contributed by atoms with E-state index in [4.69, 9.17) is 0 Å². The topological polar surface area (TPSA) is 85.2 Å². The van der Waals surface area contributed by atoms with Gasteiger partial charge < -0.3 is 4.90 Å². The first kappa shape index (κ1) is 15.0. The van der Waals surface area contributed by atoms with Crippen LogP contribution in [0.4, 0.5) is 0 Å². The lowest BCUT2D eigenvalue weighted by atomic mass is 10.1. The molecule has 0 bridgehead atoms. The van der Waals surface area contributed by atoms with Gasteiger partial charge in [0.05, 0.1) is 11.8 Å². The number of amides is 1. The number of carbonyl (C=O) groups excluding carboxylic acids is 1. The van der Waals surface area contributed by atoms with Gasteiger partial charge in [-0.3, -0.25) is 4.79 Å². The standard InChI is InChI=1S/C12H20N4O3S/c1-2-6-20(18,19)8-12(17)15-5-3-4-11(7-15)16-10-13-9-14-16/h9-11H,2-8H2,1H3/t11-/m0/s1. The Kier molecular flexibility index (Phi) is 4.74. The molecule has 0 spiro atoms. The van der Waals surface area contributed by atoms with Crippen LogP contribution in [0, 0.1) is 0 Å². The molecule has 1 atom stereocenters. The Morgan fingerprint density at radius 1 is 1.45 bits per heavy atom. The monoisotopic (exact) mass is 300 g/mol. The molecule has 2 heterocycles. The second kappa shape index (κ2) is 6.34. The number of piperidine rings is 1. The molecule has 7 nitrogen and oxygen atoms in total. The summed E-state index contributed by atoms with van der Waals surface area (Å²) in [5.74, 6) is -0.618. The smallest absolute Gasteiger partial charge is 0.237 e. The molecule has 0 unspecified atom stereocenters. The van der Waals surface area contributed by atoms with Gasteiger partial charge in [-0.2, -0.15) is 5.10 Å². The zero-order valence-electron chi connectivity index (χ0n) is 11.6. The van der Waals surface area contributed by atoms with Crippen LogP contribution in [0.3, 0.4) is 0 Å². The Labute approximate surface area is 118 Å². The summed E-state index contributed by atoms with van der Waals surface area (Å²) in [5, 5.41) is 4.09. The van der Waals surface area contributed by atoms with Crippen molar-refractivity contribution in [2.75, 3.05) is 24.6 Å². The lowest BCUT2D eigenvalue weighted by Crippen LogP contribution is -2.43. The average molecular weight is 300 g/mol. The lowest BCUT2D eigenvalue weighted by Gasteiger charge is -2.32. The van der Waals surface area contributed by atoms with Gasteiger partial charge in [-0.1, -0.05) is 6.92 Å². The second-order valence-electron chi connectivity index (χ2n) is 5.10. The summed E-state index contributed by atoms with van der Waals surface area (Å²) < 4.78 is 25.2. The predicted octanol–water partition coefficient (Wildman–Crippen LogP) is 0.266. The Bertz CT molecular complexity index is 541. The maximum absolute atomic E-state index is 12.1. The van der Waals surface area contributed by atoms with E-state index >= 15 is 0 Å². The molecule has 1 aliphatic rings. The molecule has 20 heavy (non-hydrogen) atoms. The van der Waals surface area contributed by atoms with Crippen molar-refractivity contribution in [3.05, 3.63) is 12.7 Å². The Morgan fingerprint density at radius 3 is 2.90 bits per heavy atom. The molecule has 0 radical (unpaired) electrons. The quantitative estimate of drug-likeness (QED) is 0.779. The van der Waals surface area contributed by atoms with Crippen LogP contribution in [0.25, 0.3) is 0 Å². The SMILES string of the molecule is CCCS(=O)(=O)CC(=O)N1CCC[C@H](n2cncn2)C1. The van der Waals surface area contributed by atoms with Crippen molar-refractivity contribution in [3.63, 3.8) is 0 Å². The summed E-state index contributed by atoms with van der Waals surface area (Å²) in [6, 6.07) is 0.0871. The van der Waals surface area contributed by atoms with Crippen LogP contribution in [0.5, 0.6) is 0 Å². The van der Waals surface area contributed by atoms with Gasteiger partial charge in [0.2, 0.25) is 5.91 Å². The molecule has 1 fully saturated rings. The van der Waals surface area contributed by atoms with Crippen molar-refractivity contribution >= 4 is 15.7 Å². The molecular formula is C12H20N4O3S. The first-order valence-corrected chi connectivity index (χ1v) is 8.66. The normalized spacial score (nSPS) is 20.1. The highest BCUT2D eigenvalue weighted by atomic mass is 32.2. The molecule has 8 heteroatoms. The number of rotatable bonds is 5. The zero-order valence-corrected chi connectivity index (χ0v) is 12.4. The molecular weight excluding hydrogens is 280 g/mol. The van der Waals surface area contributed by atoms with Gasteiger partial charge in [0.1, 0.15) is 18.4 Å². The van der Waals surface area contributed by atoms with Gasteiger partial charge >= 0.3 is 0 Å². The summed E-state index contributed by atoms with van der Waals surface area (Å²) in [6.45, 7) is 2.92. The number of hydrogen-bond donors (Lipinski definition) is 0. The van der Waals surface area contributed by atoms with E-state index in [0.717, 1.165) is 12.8 Å². The van der Waals surface area contributed by atoms with Crippen molar-refractivity contribution in [1.29, 1.82) is 0 Å². The van der Waals surface area contributed by atoms with Crippen LogP contribution in [0.1, 0.15) is 32.2 Å². The summed E-state index contributed by atoms with van der Waals surface area (Å²) in [4.78, 5) is 17.6. The highest BCUT2D eigenvalue weighted by Crippen LogP contribution is 2.20. The van der Waals surface area contributed by atoms with Gasteiger partial charge in [0, 0.05) is 13.1 Å². The van der Waals surface area contributed by atoms with E-state index < -0.39 is 9.84 Å². The predicted molar refractivity (Wildman–Crippen MR) is 73.8 cm³/mol. The summed E-state index contributed by atoms with van der Waals surface area (Å²) in [7, 11) is -3.28. The molecule has 0 aromatic carbocycles. The fourth-order valence-corrected chi connectivity index (χ4v) is 3.79. The van der Waals surface area contributed by atoms with Crippen LogP contribution >= 0.6 is 0 Å². The summed E-state index contributed by atoms with van der Waals surface area (Å²) in [6.07, 6.45) is 5.41. The molecule has 0 saturated carbocycles. The zero-order chi connectivity index (χ0) is 14.6. The number of carbonyl (C=O) groups is 1. The van der Waals surface area contributed by atoms with E-state index in [1.807, 2.05) is 0 Å². The van der Waals surface area contributed by atoms with E-state index in [1.165, 1.54) is 6.33 Å².